The van der Waals surface area contributed by atoms with E-state index in [9.17, 15) is 9.50 Å². The number of rotatable bonds is 4. The maximum Gasteiger partial charge on any atom is 0.228 e. The summed E-state index contributed by atoms with van der Waals surface area (Å²) in [4.78, 5) is 3.86. The molecule has 1 heterocycles. The summed E-state index contributed by atoms with van der Waals surface area (Å²) in [5.41, 5.74) is 0.466. The van der Waals surface area contributed by atoms with Gasteiger partial charge in [0.05, 0.1) is 11.9 Å². The summed E-state index contributed by atoms with van der Waals surface area (Å²) < 4.78 is 16.2. The number of nitrogens with one attached hydrogen (secondary N) is 1. The van der Waals surface area contributed by atoms with Crippen LogP contribution in [-0.2, 0) is 0 Å². The molecule has 0 spiro atoms. The minimum Gasteiger partial charge on any atom is -0.461 e. The number of hydrogen-bond acceptors (Lipinski definition) is 4. The highest BCUT2D eigenvalue weighted by molar-refractivity contribution is 5.20. The number of aliphatic hydroxyl groups is 1. The molecule has 0 bridgehead atoms. The molecule has 2 N–H and O–H groups in total. The molecule has 0 radical (unpaired) electrons. The number of hydrogen-bond donors (Lipinski definition) is 2. The van der Waals surface area contributed by atoms with Crippen LogP contribution in [0.3, 0.4) is 0 Å². The Kier molecular flexibility index (Phi) is 3.60. The van der Waals surface area contributed by atoms with Crippen molar-refractivity contribution < 1.29 is 14.2 Å². The first-order valence-corrected chi connectivity index (χ1v) is 3.78. The molecule has 72 valence electrons. The molecule has 1 aromatic rings. The number of nitrogens with zero attached hydrogens (tertiary/aromatic N) is 1. The summed E-state index contributed by atoms with van der Waals surface area (Å²) in [6.45, 7) is -0.879. The summed E-state index contributed by atoms with van der Waals surface area (Å²) in [6, 6.07) is 3.11. The minimum atomic E-state index is -0.879. The van der Waals surface area contributed by atoms with Crippen molar-refractivity contribution in [3.05, 3.63) is 24.0 Å². The Balaban J connectivity index is 2.69. The molecule has 1 aromatic heterocycles. The van der Waals surface area contributed by atoms with Gasteiger partial charge in [-0.1, -0.05) is 0 Å². The molecule has 0 aliphatic heterocycles. The first kappa shape index (κ1) is 9.88. The smallest absolute Gasteiger partial charge is 0.228 e. The van der Waals surface area contributed by atoms with Crippen molar-refractivity contribution in [2.24, 2.45) is 0 Å². The maximum atomic E-state index is 11.7. The van der Waals surface area contributed by atoms with Gasteiger partial charge in [0.25, 0.3) is 0 Å². The molecular formula is C8H11FN2O2. The summed E-state index contributed by atoms with van der Waals surface area (Å²) in [7, 11) is 1.61. The van der Waals surface area contributed by atoms with Crippen LogP contribution in [0, 0.1) is 0 Å². The van der Waals surface area contributed by atoms with Gasteiger partial charge in [-0.25, -0.2) is 4.39 Å². The van der Waals surface area contributed by atoms with Gasteiger partial charge in [0.2, 0.25) is 6.86 Å². The number of aromatic nitrogens is 1. The molecule has 5 heteroatoms. The Morgan fingerprint density at radius 3 is 2.92 bits per heavy atom. The number of aliphatic hydroxyl groups excluding tert-OH is 1. The fourth-order valence-electron chi connectivity index (χ4n) is 0.850. The van der Waals surface area contributed by atoms with Crippen molar-refractivity contribution in [2.45, 2.75) is 6.23 Å². The van der Waals surface area contributed by atoms with Crippen LogP contribution in [0.2, 0.25) is 0 Å². The van der Waals surface area contributed by atoms with E-state index in [2.05, 4.69) is 15.0 Å². The van der Waals surface area contributed by atoms with Gasteiger partial charge in [0.15, 0.2) is 0 Å². The first-order valence-electron chi connectivity index (χ1n) is 3.78. The Hall–Kier alpha value is -1.20. The van der Waals surface area contributed by atoms with Gasteiger partial charge in [-0.15, -0.1) is 0 Å². The number of ether oxygens (including phenoxy) is 1. The van der Waals surface area contributed by atoms with E-state index < -0.39 is 13.1 Å². The van der Waals surface area contributed by atoms with Crippen LogP contribution in [0.4, 0.5) is 4.39 Å². The molecule has 0 saturated heterocycles. The summed E-state index contributed by atoms with van der Waals surface area (Å²) in [5.74, 6) is 0.342. The first-order chi connectivity index (χ1) is 6.27. The minimum absolute atomic E-state index is 0.342. The van der Waals surface area contributed by atoms with Crippen LogP contribution in [0.5, 0.6) is 5.75 Å². The predicted molar refractivity (Wildman–Crippen MR) is 44.9 cm³/mol. The lowest BCUT2D eigenvalue weighted by Crippen LogP contribution is -2.16. The molecule has 0 amide bonds. The van der Waals surface area contributed by atoms with Crippen LogP contribution in [0.15, 0.2) is 18.3 Å². The monoisotopic (exact) mass is 186 g/mol. The Bertz CT molecular complexity index is 253. The van der Waals surface area contributed by atoms with Crippen molar-refractivity contribution in [1.82, 2.24) is 10.3 Å². The highest BCUT2D eigenvalue weighted by atomic mass is 19.1. The topological polar surface area (TPSA) is 54.4 Å². The standard InChI is InChI=1S/C8H11FN2O2/c1-10-8(12)7-3-2-6(4-11-7)13-5-9/h2-4,8,10,12H,5H2,1H3. The summed E-state index contributed by atoms with van der Waals surface area (Å²) in [5, 5.41) is 11.9. The maximum absolute atomic E-state index is 11.7. The number of halogens is 1. The number of pyridine rings is 1. The largest absolute Gasteiger partial charge is 0.461 e. The summed E-state index contributed by atoms with van der Waals surface area (Å²) in [6.07, 6.45) is 0.551. The Morgan fingerprint density at radius 2 is 2.46 bits per heavy atom. The van der Waals surface area contributed by atoms with E-state index in [1.807, 2.05) is 0 Å². The molecule has 13 heavy (non-hydrogen) atoms. The molecule has 0 fully saturated rings. The molecule has 1 unspecified atom stereocenters. The van der Waals surface area contributed by atoms with Gasteiger partial charge >= 0.3 is 0 Å². The van der Waals surface area contributed by atoms with E-state index in [1.165, 1.54) is 6.20 Å². The quantitative estimate of drug-likeness (QED) is 0.676. The fraction of sp³-hybridized carbons (Fsp3) is 0.375. The van der Waals surface area contributed by atoms with Crippen molar-refractivity contribution in [3.63, 3.8) is 0 Å². The second-order valence-electron chi connectivity index (χ2n) is 2.36. The summed E-state index contributed by atoms with van der Waals surface area (Å²) >= 11 is 0. The van der Waals surface area contributed by atoms with Crippen LogP contribution < -0.4 is 10.1 Å². The Labute approximate surface area is 75.4 Å². The van der Waals surface area contributed by atoms with Crippen molar-refractivity contribution in [3.8, 4) is 5.75 Å². The van der Waals surface area contributed by atoms with Crippen molar-refractivity contribution >= 4 is 0 Å². The van der Waals surface area contributed by atoms with Crippen molar-refractivity contribution in [1.29, 1.82) is 0 Å². The van der Waals surface area contributed by atoms with E-state index in [0.29, 0.717) is 11.4 Å². The zero-order valence-corrected chi connectivity index (χ0v) is 7.20. The second-order valence-corrected chi connectivity index (χ2v) is 2.36. The van der Waals surface area contributed by atoms with Gasteiger partial charge in [-0.05, 0) is 19.2 Å². The lowest BCUT2D eigenvalue weighted by Gasteiger charge is -2.08. The molecular weight excluding hydrogens is 175 g/mol. The molecule has 4 nitrogen and oxygen atoms in total. The zero-order chi connectivity index (χ0) is 9.68. The third kappa shape index (κ3) is 2.64. The van der Waals surface area contributed by atoms with Gasteiger partial charge in [0, 0.05) is 0 Å². The predicted octanol–water partition coefficient (Wildman–Crippen LogP) is 0.598. The third-order valence-corrected chi connectivity index (χ3v) is 1.53. The van der Waals surface area contributed by atoms with Gasteiger partial charge in [0.1, 0.15) is 12.0 Å². The average molecular weight is 186 g/mol. The van der Waals surface area contributed by atoms with Gasteiger partial charge in [-0.3, -0.25) is 10.3 Å². The van der Waals surface area contributed by atoms with Gasteiger partial charge < -0.3 is 9.84 Å². The zero-order valence-electron chi connectivity index (χ0n) is 7.20. The van der Waals surface area contributed by atoms with Gasteiger partial charge in [-0.2, -0.15) is 0 Å². The SMILES string of the molecule is CNC(O)c1ccc(OCF)cn1. The highest BCUT2D eigenvalue weighted by Gasteiger charge is 2.04. The lowest BCUT2D eigenvalue weighted by molar-refractivity contribution is 0.144. The molecule has 1 rings (SSSR count). The van der Waals surface area contributed by atoms with E-state index in [-0.39, 0.29) is 0 Å². The van der Waals surface area contributed by atoms with E-state index in [1.54, 1.807) is 19.2 Å². The van der Waals surface area contributed by atoms with Crippen LogP contribution in [-0.4, -0.2) is 24.0 Å². The van der Waals surface area contributed by atoms with Crippen LogP contribution in [0.25, 0.3) is 0 Å². The molecule has 0 aromatic carbocycles. The molecule has 0 saturated carbocycles. The van der Waals surface area contributed by atoms with E-state index in [4.69, 9.17) is 0 Å². The second kappa shape index (κ2) is 4.74. The van der Waals surface area contributed by atoms with E-state index in [0.717, 1.165) is 0 Å². The van der Waals surface area contributed by atoms with E-state index >= 15 is 0 Å². The molecule has 1 atom stereocenters. The average Bonchev–Trinajstić information content (AvgIpc) is 2.18. The lowest BCUT2D eigenvalue weighted by atomic mass is 10.3. The fourth-order valence-corrected chi connectivity index (χ4v) is 0.850. The highest BCUT2D eigenvalue weighted by Crippen LogP contribution is 2.12. The number of alkyl halides is 1. The molecule has 0 aliphatic rings. The van der Waals surface area contributed by atoms with Crippen LogP contribution in [0.1, 0.15) is 11.9 Å². The van der Waals surface area contributed by atoms with Crippen molar-refractivity contribution in [2.75, 3.05) is 13.9 Å². The molecule has 0 aliphatic carbocycles. The third-order valence-electron chi connectivity index (χ3n) is 1.53. The Morgan fingerprint density at radius 1 is 1.69 bits per heavy atom. The normalized spacial score (nSPS) is 12.5. The van der Waals surface area contributed by atoms with Crippen LogP contribution >= 0.6 is 0 Å².